The third-order valence-electron chi connectivity index (χ3n) is 3.58. The number of amides is 1. The van der Waals surface area contributed by atoms with Crippen LogP contribution in [0.5, 0.6) is 0 Å². The van der Waals surface area contributed by atoms with Gasteiger partial charge in [-0.15, -0.1) is 0 Å². The normalized spacial score (nSPS) is 23.0. The number of ether oxygens (including phenoxy) is 1. The fraction of sp³-hybridized carbons (Fsp3) is 0.533. The molecule has 0 saturated heterocycles. The molecule has 1 saturated carbocycles. The van der Waals surface area contributed by atoms with Gasteiger partial charge in [-0.2, -0.15) is 0 Å². The molecule has 4 nitrogen and oxygen atoms in total. The molecule has 1 aromatic carbocycles. The van der Waals surface area contributed by atoms with Crippen molar-refractivity contribution in [3.63, 3.8) is 0 Å². The van der Waals surface area contributed by atoms with Crippen molar-refractivity contribution in [2.45, 2.75) is 38.7 Å². The molecule has 0 bridgehead atoms. The Morgan fingerprint density at radius 1 is 1.37 bits per heavy atom. The van der Waals surface area contributed by atoms with E-state index >= 15 is 0 Å². The van der Waals surface area contributed by atoms with E-state index in [0.29, 0.717) is 11.4 Å². The Balaban J connectivity index is 1.73. The minimum Gasteiger partial charge on any atom is -0.399 e. The summed E-state index contributed by atoms with van der Waals surface area (Å²) < 4.78 is 5.65. The number of anilines is 2. The maximum Gasteiger partial charge on any atom is 0.250 e. The molecular weight excluding hydrogens is 240 g/mol. The minimum absolute atomic E-state index is 0.119. The molecule has 1 amide bonds. The van der Waals surface area contributed by atoms with Gasteiger partial charge in [-0.3, -0.25) is 4.79 Å². The molecule has 1 fully saturated rings. The van der Waals surface area contributed by atoms with Gasteiger partial charge >= 0.3 is 0 Å². The number of hydrogen-bond acceptors (Lipinski definition) is 3. The van der Waals surface area contributed by atoms with E-state index in [1.807, 2.05) is 12.1 Å². The van der Waals surface area contributed by atoms with Crippen molar-refractivity contribution in [2.75, 3.05) is 17.7 Å². The molecule has 0 radical (unpaired) electrons. The Hall–Kier alpha value is -1.55. The Morgan fingerprint density at radius 3 is 2.79 bits per heavy atom. The molecule has 0 atom stereocenters. The lowest BCUT2D eigenvalue weighted by molar-refractivity contribution is -0.123. The number of carbonyl (C=O) groups excluding carboxylic acids is 1. The average molecular weight is 262 g/mol. The fourth-order valence-electron chi connectivity index (χ4n) is 2.40. The SMILES string of the molecule is CC1CCC(OCC(=O)Nc2cccc(N)c2)CC1. The van der Waals surface area contributed by atoms with Crippen molar-refractivity contribution < 1.29 is 9.53 Å². The second-order valence-corrected chi connectivity index (χ2v) is 5.37. The van der Waals surface area contributed by atoms with Gasteiger partial charge in [0.1, 0.15) is 6.61 Å². The maximum absolute atomic E-state index is 11.8. The van der Waals surface area contributed by atoms with E-state index in [4.69, 9.17) is 10.5 Å². The van der Waals surface area contributed by atoms with Crippen LogP contribution in [0.25, 0.3) is 0 Å². The number of hydrogen-bond donors (Lipinski definition) is 2. The summed E-state index contributed by atoms with van der Waals surface area (Å²) in [6.07, 6.45) is 4.76. The summed E-state index contributed by atoms with van der Waals surface area (Å²) in [6, 6.07) is 7.15. The first-order valence-corrected chi connectivity index (χ1v) is 6.90. The van der Waals surface area contributed by atoms with Crippen LogP contribution in [0.3, 0.4) is 0 Å². The second kappa shape index (κ2) is 6.57. The van der Waals surface area contributed by atoms with Crippen LogP contribution >= 0.6 is 0 Å². The highest BCUT2D eigenvalue weighted by Crippen LogP contribution is 2.25. The summed E-state index contributed by atoms with van der Waals surface area (Å²) in [5, 5.41) is 2.79. The van der Waals surface area contributed by atoms with Gasteiger partial charge in [-0.05, 0) is 49.8 Å². The quantitative estimate of drug-likeness (QED) is 0.820. The first kappa shape index (κ1) is 13.9. The van der Waals surface area contributed by atoms with Gasteiger partial charge in [0.25, 0.3) is 0 Å². The van der Waals surface area contributed by atoms with Crippen LogP contribution in [-0.4, -0.2) is 18.6 Å². The smallest absolute Gasteiger partial charge is 0.250 e. The number of nitrogen functional groups attached to an aromatic ring is 1. The Bertz CT molecular complexity index is 426. The molecule has 1 aliphatic carbocycles. The number of nitrogens with two attached hydrogens (primary N) is 1. The molecule has 0 unspecified atom stereocenters. The molecule has 104 valence electrons. The predicted octanol–water partition coefficient (Wildman–Crippen LogP) is 2.80. The molecule has 3 N–H and O–H groups in total. The van der Waals surface area contributed by atoms with E-state index in [1.54, 1.807) is 12.1 Å². The molecule has 2 rings (SSSR count). The number of carbonyl (C=O) groups is 1. The molecule has 1 aromatic rings. The zero-order valence-corrected chi connectivity index (χ0v) is 11.4. The van der Waals surface area contributed by atoms with E-state index in [0.717, 1.165) is 18.8 Å². The van der Waals surface area contributed by atoms with Crippen LogP contribution in [-0.2, 0) is 9.53 Å². The van der Waals surface area contributed by atoms with Gasteiger partial charge in [0.2, 0.25) is 5.91 Å². The van der Waals surface area contributed by atoms with E-state index in [1.165, 1.54) is 12.8 Å². The Morgan fingerprint density at radius 2 is 2.11 bits per heavy atom. The summed E-state index contributed by atoms with van der Waals surface area (Å²) in [5.41, 5.74) is 7.01. The van der Waals surface area contributed by atoms with Crippen LogP contribution in [0.1, 0.15) is 32.6 Å². The molecule has 1 aliphatic rings. The lowest BCUT2D eigenvalue weighted by atomic mass is 9.89. The summed E-state index contributed by atoms with van der Waals surface area (Å²) in [6.45, 7) is 2.39. The predicted molar refractivity (Wildman–Crippen MR) is 76.9 cm³/mol. The third-order valence-corrected chi connectivity index (χ3v) is 3.58. The second-order valence-electron chi connectivity index (χ2n) is 5.37. The van der Waals surface area contributed by atoms with Gasteiger partial charge in [-0.1, -0.05) is 13.0 Å². The van der Waals surface area contributed by atoms with Crippen molar-refractivity contribution in [1.82, 2.24) is 0 Å². The molecule has 0 spiro atoms. The van der Waals surface area contributed by atoms with Gasteiger partial charge in [0.15, 0.2) is 0 Å². The standard InChI is InChI=1S/C15H22N2O2/c1-11-5-7-14(8-6-11)19-10-15(18)17-13-4-2-3-12(16)9-13/h2-4,9,11,14H,5-8,10,16H2,1H3,(H,17,18). The summed E-state index contributed by atoms with van der Waals surface area (Å²) >= 11 is 0. The van der Waals surface area contributed by atoms with Gasteiger partial charge in [-0.25, -0.2) is 0 Å². The van der Waals surface area contributed by atoms with Crippen LogP contribution in [0.2, 0.25) is 0 Å². The highest BCUT2D eigenvalue weighted by molar-refractivity contribution is 5.92. The van der Waals surface area contributed by atoms with Crippen LogP contribution in [0, 0.1) is 5.92 Å². The van der Waals surface area contributed by atoms with Crippen LogP contribution in [0.4, 0.5) is 11.4 Å². The molecule has 4 heteroatoms. The molecule has 0 heterocycles. The molecule has 19 heavy (non-hydrogen) atoms. The van der Waals surface area contributed by atoms with Gasteiger partial charge in [0, 0.05) is 11.4 Å². The molecule has 0 aromatic heterocycles. The van der Waals surface area contributed by atoms with Gasteiger partial charge < -0.3 is 15.8 Å². The maximum atomic E-state index is 11.8. The fourth-order valence-corrected chi connectivity index (χ4v) is 2.40. The molecular formula is C15H22N2O2. The highest BCUT2D eigenvalue weighted by Gasteiger charge is 2.19. The van der Waals surface area contributed by atoms with Crippen molar-refractivity contribution in [2.24, 2.45) is 5.92 Å². The van der Waals surface area contributed by atoms with Crippen molar-refractivity contribution in [3.8, 4) is 0 Å². The third kappa shape index (κ3) is 4.56. The van der Waals surface area contributed by atoms with E-state index in [9.17, 15) is 4.79 Å². The largest absolute Gasteiger partial charge is 0.399 e. The van der Waals surface area contributed by atoms with Crippen LogP contribution in [0.15, 0.2) is 24.3 Å². The van der Waals surface area contributed by atoms with E-state index in [-0.39, 0.29) is 18.6 Å². The summed E-state index contributed by atoms with van der Waals surface area (Å²) in [4.78, 5) is 11.8. The first-order valence-electron chi connectivity index (χ1n) is 6.90. The monoisotopic (exact) mass is 262 g/mol. The Labute approximate surface area is 114 Å². The van der Waals surface area contributed by atoms with E-state index < -0.39 is 0 Å². The highest BCUT2D eigenvalue weighted by atomic mass is 16.5. The number of benzene rings is 1. The van der Waals surface area contributed by atoms with Crippen molar-refractivity contribution in [3.05, 3.63) is 24.3 Å². The Kier molecular flexibility index (Phi) is 4.80. The number of rotatable bonds is 4. The van der Waals surface area contributed by atoms with Crippen LogP contribution < -0.4 is 11.1 Å². The zero-order chi connectivity index (χ0) is 13.7. The van der Waals surface area contributed by atoms with Crippen molar-refractivity contribution in [1.29, 1.82) is 0 Å². The average Bonchev–Trinajstić information content (AvgIpc) is 2.38. The summed E-state index contributed by atoms with van der Waals surface area (Å²) in [5.74, 6) is 0.671. The summed E-state index contributed by atoms with van der Waals surface area (Å²) in [7, 11) is 0. The number of nitrogens with one attached hydrogen (secondary N) is 1. The zero-order valence-electron chi connectivity index (χ0n) is 11.4. The minimum atomic E-state index is -0.121. The van der Waals surface area contributed by atoms with Crippen molar-refractivity contribution >= 4 is 17.3 Å². The lowest BCUT2D eigenvalue weighted by Crippen LogP contribution is -2.26. The topological polar surface area (TPSA) is 64.3 Å². The van der Waals surface area contributed by atoms with E-state index in [2.05, 4.69) is 12.2 Å². The molecule has 0 aliphatic heterocycles. The lowest BCUT2D eigenvalue weighted by Gasteiger charge is -2.25. The van der Waals surface area contributed by atoms with Gasteiger partial charge in [0.05, 0.1) is 6.10 Å². The first-order chi connectivity index (χ1) is 9.13.